The Morgan fingerprint density at radius 3 is 2.69 bits per heavy atom. The lowest BCUT2D eigenvalue weighted by molar-refractivity contribution is -0.165. The zero-order valence-corrected chi connectivity index (χ0v) is 17.7. The van der Waals surface area contributed by atoms with Crippen molar-refractivity contribution >= 4 is 17.3 Å². The highest BCUT2D eigenvalue weighted by molar-refractivity contribution is 6.45. The van der Waals surface area contributed by atoms with E-state index >= 15 is 0 Å². The van der Waals surface area contributed by atoms with E-state index in [-0.39, 0.29) is 23.9 Å². The van der Waals surface area contributed by atoms with Crippen LogP contribution in [0.25, 0.3) is 0 Å². The van der Waals surface area contributed by atoms with Crippen LogP contribution in [0.3, 0.4) is 0 Å². The van der Waals surface area contributed by atoms with Gasteiger partial charge in [0.2, 0.25) is 11.6 Å². The number of piperidine rings is 1. The number of fused-ring (bicyclic) bond motifs is 2. The summed E-state index contributed by atoms with van der Waals surface area (Å²) in [7, 11) is 0. The summed E-state index contributed by atoms with van der Waals surface area (Å²) in [5.74, 6) is -0.968. The normalized spacial score (nSPS) is 30.0. The number of Topliss-reactive ketones (excluding diaryl/α,β-unsaturated/α-hetero) is 3. The van der Waals surface area contributed by atoms with Gasteiger partial charge in [-0.05, 0) is 56.2 Å². The summed E-state index contributed by atoms with van der Waals surface area (Å²) in [4.78, 5) is 40.9. The topological polar surface area (TPSA) is 66.5 Å². The van der Waals surface area contributed by atoms with E-state index < -0.39 is 23.0 Å². The van der Waals surface area contributed by atoms with Gasteiger partial charge in [0.1, 0.15) is 6.04 Å². The lowest BCUT2D eigenvalue weighted by Crippen LogP contribution is -2.74. The van der Waals surface area contributed by atoms with Crippen molar-refractivity contribution in [3.63, 3.8) is 0 Å². The molecule has 29 heavy (non-hydrogen) atoms. The van der Waals surface area contributed by atoms with Gasteiger partial charge < -0.3 is 5.32 Å². The largest absolute Gasteiger partial charge is 0.309 e. The van der Waals surface area contributed by atoms with Crippen LogP contribution in [0.2, 0.25) is 0 Å². The number of carbonyl (C=O) groups is 3. The first kappa shape index (κ1) is 20.4. The lowest BCUT2D eigenvalue weighted by atomic mass is 9.72. The van der Waals surface area contributed by atoms with Gasteiger partial charge in [0.25, 0.3) is 0 Å². The molecule has 2 saturated heterocycles. The molecular formula is C24H32N2O3. The Hall–Kier alpha value is -1.85. The van der Waals surface area contributed by atoms with E-state index in [9.17, 15) is 14.4 Å². The Balaban J connectivity index is 1.65. The van der Waals surface area contributed by atoms with Crippen LogP contribution in [-0.2, 0) is 20.8 Å². The van der Waals surface area contributed by atoms with Gasteiger partial charge in [0, 0.05) is 17.5 Å². The van der Waals surface area contributed by atoms with Crippen molar-refractivity contribution in [1.82, 2.24) is 10.2 Å². The molecule has 3 heterocycles. The molecule has 0 radical (unpaired) electrons. The molecule has 0 spiro atoms. The molecule has 0 bridgehead atoms. The molecule has 4 rings (SSSR count). The number of aryl methyl sites for hydroxylation is 1. The van der Waals surface area contributed by atoms with Gasteiger partial charge in [-0.25, -0.2) is 0 Å². The number of carbonyl (C=O) groups excluding carboxylic acids is 3. The van der Waals surface area contributed by atoms with Crippen LogP contribution >= 0.6 is 0 Å². The van der Waals surface area contributed by atoms with Gasteiger partial charge in [-0.3, -0.25) is 19.3 Å². The molecule has 4 unspecified atom stereocenters. The zero-order valence-electron chi connectivity index (χ0n) is 17.7. The second-order valence-electron chi connectivity index (χ2n) is 9.43. The van der Waals surface area contributed by atoms with Crippen molar-refractivity contribution < 1.29 is 14.4 Å². The number of nitrogens with one attached hydrogen (secondary N) is 1. The van der Waals surface area contributed by atoms with Crippen LogP contribution in [0.1, 0.15) is 70.0 Å². The van der Waals surface area contributed by atoms with E-state index in [1.165, 1.54) is 11.1 Å². The average molecular weight is 397 g/mol. The minimum Gasteiger partial charge on any atom is -0.309 e. The molecule has 1 aromatic rings. The second-order valence-corrected chi connectivity index (χ2v) is 9.43. The maximum atomic E-state index is 13.1. The first-order valence-electron chi connectivity index (χ1n) is 11.1. The van der Waals surface area contributed by atoms with E-state index in [1.807, 2.05) is 6.92 Å². The van der Waals surface area contributed by atoms with Crippen LogP contribution in [-0.4, -0.2) is 46.9 Å². The molecule has 0 aliphatic carbocycles. The second kappa shape index (κ2) is 7.77. The highest BCUT2D eigenvalue weighted by Crippen LogP contribution is 2.42. The smallest absolute Gasteiger partial charge is 0.223 e. The average Bonchev–Trinajstić information content (AvgIpc) is 2.95. The van der Waals surface area contributed by atoms with Crippen molar-refractivity contribution in [2.75, 3.05) is 6.54 Å². The Labute approximate surface area is 173 Å². The number of rotatable bonds is 5. The van der Waals surface area contributed by atoms with Gasteiger partial charge in [0.15, 0.2) is 5.78 Å². The fourth-order valence-corrected chi connectivity index (χ4v) is 5.23. The van der Waals surface area contributed by atoms with Crippen molar-refractivity contribution in [2.45, 2.75) is 83.5 Å². The quantitative estimate of drug-likeness (QED) is 0.612. The minimum absolute atomic E-state index is 0.0538. The van der Waals surface area contributed by atoms with Crippen molar-refractivity contribution in [3.8, 4) is 0 Å². The van der Waals surface area contributed by atoms with Crippen molar-refractivity contribution in [1.29, 1.82) is 0 Å². The molecular weight excluding hydrogens is 364 g/mol. The standard InChI is InChI=1S/C24H32N2O3/c1-4-24(2,3)23(29)22(28)20-21(27)18-13-7-12-17(26(18)20)19-16-11-6-5-9-15(16)10-8-14-25-19/h5-6,9,11,17-20,25H,4,7-8,10,12-14H2,1-3H3. The fourth-order valence-electron chi connectivity index (χ4n) is 5.23. The summed E-state index contributed by atoms with van der Waals surface area (Å²) < 4.78 is 0. The first-order valence-corrected chi connectivity index (χ1v) is 11.1. The molecule has 0 aromatic heterocycles. The lowest BCUT2D eigenvalue weighted by Gasteiger charge is -2.55. The summed E-state index contributed by atoms with van der Waals surface area (Å²) in [5.41, 5.74) is 1.91. The van der Waals surface area contributed by atoms with E-state index in [0.29, 0.717) is 6.42 Å². The monoisotopic (exact) mass is 396 g/mol. The Kier molecular flexibility index (Phi) is 5.47. The Morgan fingerprint density at radius 1 is 1.17 bits per heavy atom. The first-order chi connectivity index (χ1) is 13.9. The molecule has 156 valence electrons. The number of nitrogens with zero attached hydrogens (tertiary/aromatic N) is 1. The number of benzene rings is 1. The van der Waals surface area contributed by atoms with E-state index in [1.54, 1.807) is 13.8 Å². The highest BCUT2D eigenvalue weighted by atomic mass is 16.2. The maximum Gasteiger partial charge on any atom is 0.223 e. The summed E-state index contributed by atoms with van der Waals surface area (Å²) in [5, 5.41) is 3.69. The molecule has 1 N–H and O–H groups in total. The van der Waals surface area contributed by atoms with Gasteiger partial charge >= 0.3 is 0 Å². The van der Waals surface area contributed by atoms with Crippen LogP contribution in [0.15, 0.2) is 24.3 Å². The van der Waals surface area contributed by atoms with E-state index in [2.05, 4.69) is 34.5 Å². The summed E-state index contributed by atoms with van der Waals surface area (Å²) in [6.45, 7) is 6.42. The minimum atomic E-state index is -0.888. The Bertz CT molecular complexity index is 831. The summed E-state index contributed by atoms with van der Waals surface area (Å²) in [6, 6.07) is 7.56. The number of hydrogen-bond donors (Lipinski definition) is 1. The molecule has 1 aromatic carbocycles. The predicted octanol–water partition coefficient (Wildman–Crippen LogP) is 3.01. The maximum absolute atomic E-state index is 13.1. The molecule has 5 nitrogen and oxygen atoms in total. The molecule has 3 aliphatic heterocycles. The predicted molar refractivity (Wildman–Crippen MR) is 112 cm³/mol. The molecule has 5 heteroatoms. The van der Waals surface area contributed by atoms with Gasteiger partial charge in [-0.2, -0.15) is 0 Å². The third-order valence-electron chi connectivity index (χ3n) is 7.35. The number of ketones is 3. The fraction of sp³-hybridized carbons (Fsp3) is 0.625. The zero-order chi connectivity index (χ0) is 20.8. The van der Waals surface area contributed by atoms with Crippen LogP contribution < -0.4 is 5.32 Å². The van der Waals surface area contributed by atoms with Gasteiger partial charge in [-0.15, -0.1) is 0 Å². The highest BCUT2D eigenvalue weighted by Gasteiger charge is 2.58. The molecule has 0 amide bonds. The summed E-state index contributed by atoms with van der Waals surface area (Å²) in [6.07, 6.45) is 5.41. The van der Waals surface area contributed by atoms with Crippen LogP contribution in [0.5, 0.6) is 0 Å². The third-order valence-corrected chi connectivity index (χ3v) is 7.35. The van der Waals surface area contributed by atoms with Crippen LogP contribution in [0, 0.1) is 5.41 Å². The van der Waals surface area contributed by atoms with E-state index in [4.69, 9.17) is 0 Å². The molecule has 4 atom stereocenters. The summed E-state index contributed by atoms with van der Waals surface area (Å²) >= 11 is 0. The van der Waals surface area contributed by atoms with Gasteiger partial charge in [0.05, 0.1) is 6.04 Å². The van der Waals surface area contributed by atoms with Crippen LogP contribution in [0.4, 0.5) is 0 Å². The van der Waals surface area contributed by atoms with Crippen molar-refractivity contribution in [3.05, 3.63) is 35.4 Å². The molecule has 0 saturated carbocycles. The molecule has 2 fully saturated rings. The SMILES string of the molecule is CCC(C)(C)C(=O)C(=O)C1C(=O)C2CCCC(C3NCCCc4ccccc43)N21. The Morgan fingerprint density at radius 2 is 1.93 bits per heavy atom. The molecule has 3 aliphatic rings. The van der Waals surface area contributed by atoms with E-state index in [0.717, 1.165) is 38.6 Å². The van der Waals surface area contributed by atoms with Gasteiger partial charge in [-0.1, -0.05) is 45.0 Å². The number of hydrogen-bond acceptors (Lipinski definition) is 5. The van der Waals surface area contributed by atoms with Crippen molar-refractivity contribution in [2.24, 2.45) is 5.41 Å². The third kappa shape index (κ3) is 3.38.